The average molecular weight is 255 g/mol. The van der Waals surface area contributed by atoms with E-state index in [-0.39, 0.29) is 0 Å². The number of rotatable bonds is 6. The largest absolute Gasteiger partial charge is 0.327 e. The van der Waals surface area contributed by atoms with Crippen molar-refractivity contribution in [3.63, 3.8) is 0 Å². The van der Waals surface area contributed by atoms with E-state index in [1.54, 1.807) is 0 Å². The second-order valence-electron chi connectivity index (χ2n) is 4.62. The van der Waals surface area contributed by atoms with Crippen LogP contribution >= 0.6 is 23.1 Å². The van der Waals surface area contributed by atoms with Gasteiger partial charge in [-0.15, -0.1) is 11.3 Å². The van der Waals surface area contributed by atoms with Crippen LogP contribution in [0, 0.1) is 0 Å². The van der Waals surface area contributed by atoms with Crippen LogP contribution in [0.15, 0.2) is 17.5 Å². The SMILES string of the molecule is NC(CCc1cccs1)CSC1CCCC1. The summed E-state index contributed by atoms with van der Waals surface area (Å²) in [7, 11) is 0. The van der Waals surface area contributed by atoms with Gasteiger partial charge in [-0.25, -0.2) is 0 Å². The number of thioether (sulfide) groups is 1. The summed E-state index contributed by atoms with van der Waals surface area (Å²) >= 11 is 3.95. The summed E-state index contributed by atoms with van der Waals surface area (Å²) in [6.45, 7) is 0. The van der Waals surface area contributed by atoms with Crippen molar-refractivity contribution in [1.29, 1.82) is 0 Å². The van der Waals surface area contributed by atoms with E-state index in [1.807, 2.05) is 11.3 Å². The summed E-state index contributed by atoms with van der Waals surface area (Å²) in [4.78, 5) is 1.47. The Morgan fingerprint density at radius 2 is 2.25 bits per heavy atom. The van der Waals surface area contributed by atoms with Crippen molar-refractivity contribution in [1.82, 2.24) is 0 Å². The Morgan fingerprint density at radius 1 is 1.44 bits per heavy atom. The van der Waals surface area contributed by atoms with Crippen molar-refractivity contribution in [3.05, 3.63) is 22.4 Å². The van der Waals surface area contributed by atoms with E-state index in [4.69, 9.17) is 5.73 Å². The van der Waals surface area contributed by atoms with Crippen LogP contribution in [-0.2, 0) is 6.42 Å². The van der Waals surface area contributed by atoms with E-state index >= 15 is 0 Å². The molecule has 1 aliphatic carbocycles. The summed E-state index contributed by atoms with van der Waals surface area (Å²) in [6.07, 6.45) is 8.00. The van der Waals surface area contributed by atoms with E-state index in [1.165, 1.54) is 30.6 Å². The predicted octanol–water partition coefficient (Wildman–Crippen LogP) is 3.68. The molecule has 0 spiro atoms. The van der Waals surface area contributed by atoms with Gasteiger partial charge in [-0.05, 0) is 37.1 Å². The van der Waals surface area contributed by atoms with E-state index < -0.39 is 0 Å². The zero-order chi connectivity index (χ0) is 11.2. The first-order valence-corrected chi connectivity index (χ1v) is 8.17. The zero-order valence-corrected chi connectivity index (χ0v) is 11.4. The van der Waals surface area contributed by atoms with Gasteiger partial charge in [-0.2, -0.15) is 11.8 Å². The van der Waals surface area contributed by atoms with Crippen LogP contribution in [0.1, 0.15) is 37.0 Å². The standard InChI is InChI=1S/C13H21NS2/c14-11(7-8-13-6-3-9-15-13)10-16-12-4-1-2-5-12/h3,6,9,11-12H,1-2,4-5,7-8,10,14H2. The average Bonchev–Trinajstić information content (AvgIpc) is 2.96. The van der Waals surface area contributed by atoms with Crippen LogP contribution in [-0.4, -0.2) is 17.0 Å². The fourth-order valence-electron chi connectivity index (χ4n) is 2.18. The predicted molar refractivity (Wildman–Crippen MR) is 75.3 cm³/mol. The van der Waals surface area contributed by atoms with E-state index in [0.717, 1.165) is 23.8 Å². The van der Waals surface area contributed by atoms with E-state index in [9.17, 15) is 0 Å². The first kappa shape index (κ1) is 12.5. The van der Waals surface area contributed by atoms with Gasteiger partial charge in [0, 0.05) is 21.9 Å². The molecule has 1 aromatic rings. The van der Waals surface area contributed by atoms with E-state index in [0.29, 0.717) is 6.04 Å². The van der Waals surface area contributed by atoms with E-state index in [2.05, 4.69) is 29.3 Å². The molecule has 1 aliphatic rings. The van der Waals surface area contributed by atoms with Gasteiger partial charge in [0.1, 0.15) is 0 Å². The minimum Gasteiger partial charge on any atom is -0.327 e. The highest BCUT2D eigenvalue weighted by molar-refractivity contribution is 7.99. The Morgan fingerprint density at radius 3 is 2.94 bits per heavy atom. The summed E-state index contributed by atoms with van der Waals surface area (Å²) < 4.78 is 0. The Hall–Kier alpha value is 0.01000. The summed E-state index contributed by atoms with van der Waals surface area (Å²) in [5.74, 6) is 1.15. The Balaban J connectivity index is 1.58. The molecule has 1 unspecified atom stereocenters. The zero-order valence-electron chi connectivity index (χ0n) is 9.73. The fraction of sp³-hybridized carbons (Fsp3) is 0.692. The summed E-state index contributed by atoms with van der Waals surface area (Å²) in [5, 5.41) is 3.06. The number of nitrogens with two attached hydrogens (primary N) is 1. The van der Waals surface area contributed by atoms with Gasteiger partial charge in [-0.3, -0.25) is 0 Å². The van der Waals surface area contributed by atoms with Crippen molar-refractivity contribution in [2.75, 3.05) is 5.75 Å². The van der Waals surface area contributed by atoms with Gasteiger partial charge in [0.25, 0.3) is 0 Å². The monoisotopic (exact) mass is 255 g/mol. The third kappa shape index (κ3) is 4.11. The molecule has 0 saturated heterocycles. The third-order valence-corrected chi connectivity index (χ3v) is 5.69. The number of hydrogen-bond acceptors (Lipinski definition) is 3. The molecule has 1 saturated carbocycles. The van der Waals surface area contributed by atoms with Gasteiger partial charge < -0.3 is 5.73 Å². The number of hydrogen-bond donors (Lipinski definition) is 1. The second kappa shape index (κ2) is 6.67. The molecular formula is C13H21NS2. The highest BCUT2D eigenvalue weighted by Crippen LogP contribution is 2.29. The highest BCUT2D eigenvalue weighted by Gasteiger charge is 2.16. The molecule has 0 radical (unpaired) electrons. The lowest BCUT2D eigenvalue weighted by Gasteiger charge is -2.14. The van der Waals surface area contributed by atoms with Gasteiger partial charge in [-0.1, -0.05) is 18.9 Å². The maximum absolute atomic E-state index is 6.15. The van der Waals surface area contributed by atoms with Gasteiger partial charge in [0.15, 0.2) is 0 Å². The number of aryl methyl sites for hydroxylation is 1. The smallest absolute Gasteiger partial charge is 0.0134 e. The molecule has 3 heteroatoms. The molecule has 1 fully saturated rings. The molecule has 0 aliphatic heterocycles. The summed E-state index contributed by atoms with van der Waals surface area (Å²) in [6, 6.07) is 4.72. The molecule has 16 heavy (non-hydrogen) atoms. The van der Waals surface area contributed by atoms with Crippen molar-refractivity contribution in [2.45, 2.75) is 49.8 Å². The van der Waals surface area contributed by atoms with Crippen LogP contribution in [0.5, 0.6) is 0 Å². The van der Waals surface area contributed by atoms with Crippen LogP contribution < -0.4 is 5.73 Å². The molecule has 1 heterocycles. The normalized spacial score (nSPS) is 19.1. The fourth-order valence-corrected chi connectivity index (χ4v) is 4.26. The molecule has 0 aromatic carbocycles. The molecule has 1 aromatic heterocycles. The lowest BCUT2D eigenvalue weighted by Crippen LogP contribution is -2.24. The Kier molecular flexibility index (Phi) is 5.20. The topological polar surface area (TPSA) is 26.0 Å². The van der Waals surface area contributed by atoms with Gasteiger partial charge >= 0.3 is 0 Å². The van der Waals surface area contributed by atoms with Crippen LogP contribution in [0.4, 0.5) is 0 Å². The third-order valence-electron chi connectivity index (χ3n) is 3.19. The maximum atomic E-state index is 6.15. The Labute approximate surface area is 107 Å². The molecule has 90 valence electrons. The maximum Gasteiger partial charge on any atom is 0.0134 e. The quantitative estimate of drug-likeness (QED) is 0.839. The van der Waals surface area contributed by atoms with Crippen LogP contribution in [0.3, 0.4) is 0 Å². The highest BCUT2D eigenvalue weighted by atomic mass is 32.2. The van der Waals surface area contributed by atoms with Crippen LogP contribution in [0.2, 0.25) is 0 Å². The molecule has 0 bridgehead atoms. The first-order chi connectivity index (χ1) is 7.84. The molecule has 0 amide bonds. The number of thiophene rings is 1. The van der Waals surface area contributed by atoms with Crippen molar-refractivity contribution < 1.29 is 0 Å². The summed E-state index contributed by atoms with van der Waals surface area (Å²) in [5.41, 5.74) is 6.15. The molecule has 2 rings (SSSR count). The Bertz CT molecular complexity index is 278. The van der Waals surface area contributed by atoms with Crippen molar-refractivity contribution in [3.8, 4) is 0 Å². The molecule has 2 N–H and O–H groups in total. The lowest BCUT2D eigenvalue weighted by molar-refractivity contribution is 0.677. The van der Waals surface area contributed by atoms with Crippen molar-refractivity contribution >= 4 is 23.1 Å². The molecule has 1 atom stereocenters. The molecular weight excluding hydrogens is 234 g/mol. The van der Waals surface area contributed by atoms with Gasteiger partial charge in [0.2, 0.25) is 0 Å². The minimum absolute atomic E-state index is 0.382. The first-order valence-electron chi connectivity index (χ1n) is 6.24. The minimum atomic E-state index is 0.382. The lowest BCUT2D eigenvalue weighted by atomic mass is 10.2. The van der Waals surface area contributed by atoms with Crippen LogP contribution in [0.25, 0.3) is 0 Å². The van der Waals surface area contributed by atoms with Gasteiger partial charge in [0.05, 0.1) is 0 Å². The second-order valence-corrected chi connectivity index (χ2v) is 6.98. The molecule has 1 nitrogen and oxygen atoms in total. The van der Waals surface area contributed by atoms with Crippen molar-refractivity contribution in [2.24, 2.45) is 5.73 Å².